The van der Waals surface area contributed by atoms with Crippen molar-refractivity contribution >= 4 is 52.2 Å². The molecular formula is C29H25N3O3S2. The zero-order valence-corrected chi connectivity index (χ0v) is 21.9. The Morgan fingerprint density at radius 2 is 1.76 bits per heavy atom. The summed E-state index contributed by atoms with van der Waals surface area (Å²) in [4.78, 5) is 20.0. The second kappa shape index (κ2) is 11.5. The Hall–Kier alpha value is -3.75. The molecule has 1 N–H and O–H groups in total. The topological polar surface area (TPSA) is 75.0 Å². The van der Waals surface area contributed by atoms with Gasteiger partial charge in [0, 0.05) is 16.1 Å². The third-order valence-electron chi connectivity index (χ3n) is 5.62. The number of carbonyl (C=O) groups excluding carboxylic acids is 1. The van der Waals surface area contributed by atoms with Crippen molar-refractivity contribution in [3.63, 3.8) is 0 Å². The molecule has 0 saturated carbocycles. The first kappa shape index (κ1) is 24.9. The summed E-state index contributed by atoms with van der Waals surface area (Å²) in [6.07, 6.45) is 1.69. The standard InChI is InChI=1S/C29H25N3O3S2/c1-2-34-26-18-20(13-14-25(26)35-15-16-36-22-11-7-4-8-12-22)17-23-27(30)32-24(21-9-5-3-6-10-21)19-37-29(32)31-28(23)33/h3-14,17-19,30H,2,15-16H2,1H3. The van der Waals surface area contributed by atoms with Crippen LogP contribution >= 0.6 is 23.5 Å². The molecule has 3 aromatic rings. The van der Waals surface area contributed by atoms with E-state index in [4.69, 9.17) is 14.9 Å². The Kier molecular flexibility index (Phi) is 7.77. The van der Waals surface area contributed by atoms with Crippen LogP contribution in [0, 0.1) is 5.41 Å². The lowest BCUT2D eigenvalue weighted by Gasteiger charge is -2.27. The van der Waals surface area contributed by atoms with Gasteiger partial charge < -0.3 is 9.47 Å². The summed E-state index contributed by atoms with van der Waals surface area (Å²) < 4.78 is 11.8. The van der Waals surface area contributed by atoms with E-state index in [0.717, 1.165) is 22.6 Å². The van der Waals surface area contributed by atoms with Crippen LogP contribution in [0.25, 0.3) is 11.8 Å². The van der Waals surface area contributed by atoms with Crippen molar-refractivity contribution in [2.24, 2.45) is 4.99 Å². The summed E-state index contributed by atoms with van der Waals surface area (Å²) in [6.45, 7) is 2.93. The fraction of sp³-hybridized carbons (Fsp3) is 0.138. The zero-order chi connectivity index (χ0) is 25.6. The number of nitrogens with zero attached hydrogens (tertiary/aromatic N) is 2. The molecule has 6 nitrogen and oxygen atoms in total. The smallest absolute Gasteiger partial charge is 0.283 e. The van der Waals surface area contributed by atoms with Crippen LogP contribution in [0.15, 0.2) is 99.7 Å². The summed E-state index contributed by atoms with van der Waals surface area (Å²) in [7, 11) is 0. The van der Waals surface area contributed by atoms with Crippen LogP contribution in [0.5, 0.6) is 11.5 Å². The maximum Gasteiger partial charge on any atom is 0.283 e. The first-order valence-electron chi connectivity index (χ1n) is 11.9. The average molecular weight is 528 g/mol. The van der Waals surface area contributed by atoms with Crippen molar-refractivity contribution in [3.8, 4) is 11.5 Å². The van der Waals surface area contributed by atoms with Crippen molar-refractivity contribution in [1.82, 2.24) is 4.90 Å². The first-order valence-corrected chi connectivity index (χ1v) is 13.7. The highest BCUT2D eigenvalue weighted by Crippen LogP contribution is 2.38. The fourth-order valence-electron chi connectivity index (χ4n) is 3.91. The Morgan fingerprint density at radius 1 is 1.00 bits per heavy atom. The first-order chi connectivity index (χ1) is 18.1. The van der Waals surface area contributed by atoms with E-state index in [1.54, 1.807) is 22.7 Å². The highest BCUT2D eigenvalue weighted by Gasteiger charge is 2.36. The van der Waals surface area contributed by atoms with Gasteiger partial charge in [0.05, 0.1) is 24.5 Å². The third kappa shape index (κ3) is 5.65. The molecule has 0 unspecified atom stereocenters. The number of fused-ring (bicyclic) bond motifs is 1. The number of rotatable bonds is 9. The van der Waals surface area contributed by atoms with Crippen molar-refractivity contribution in [2.75, 3.05) is 19.0 Å². The van der Waals surface area contributed by atoms with Gasteiger partial charge in [-0.3, -0.25) is 15.1 Å². The van der Waals surface area contributed by atoms with E-state index in [-0.39, 0.29) is 11.4 Å². The number of carbonyl (C=O) groups is 1. The predicted molar refractivity (Wildman–Crippen MR) is 152 cm³/mol. The van der Waals surface area contributed by atoms with Gasteiger partial charge in [0.25, 0.3) is 5.91 Å². The second-order valence-electron chi connectivity index (χ2n) is 8.08. The fourth-order valence-corrected chi connectivity index (χ4v) is 5.55. The van der Waals surface area contributed by atoms with Crippen molar-refractivity contribution in [2.45, 2.75) is 11.8 Å². The summed E-state index contributed by atoms with van der Waals surface area (Å²) in [5.41, 5.74) is 2.76. The monoisotopic (exact) mass is 527 g/mol. The molecule has 2 aliphatic heterocycles. The van der Waals surface area contributed by atoms with E-state index < -0.39 is 5.91 Å². The Morgan fingerprint density at radius 3 is 2.51 bits per heavy atom. The Labute approximate surface area is 224 Å². The van der Waals surface area contributed by atoms with Crippen LogP contribution in [0.4, 0.5) is 0 Å². The number of amides is 1. The molecule has 0 spiro atoms. The molecule has 2 heterocycles. The molecule has 0 fully saturated rings. The molecule has 0 bridgehead atoms. The number of hydrogen-bond acceptors (Lipinski definition) is 6. The summed E-state index contributed by atoms with van der Waals surface area (Å²) in [5, 5.41) is 11.3. The number of thioether (sulfide) groups is 2. The van der Waals surface area contributed by atoms with E-state index >= 15 is 0 Å². The lowest BCUT2D eigenvalue weighted by atomic mass is 10.1. The molecule has 0 aromatic heterocycles. The molecule has 37 heavy (non-hydrogen) atoms. The van der Waals surface area contributed by atoms with E-state index in [1.807, 2.05) is 79.1 Å². The lowest BCUT2D eigenvalue weighted by molar-refractivity contribution is -0.114. The van der Waals surface area contributed by atoms with E-state index in [0.29, 0.717) is 29.9 Å². The molecule has 0 atom stereocenters. The van der Waals surface area contributed by atoms with E-state index in [9.17, 15) is 4.79 Å². The minimum atomic E-state index is -0.428. The minimum absolute atomic E-state index is 0.103. The summed E-state index contributed by atoms with van der Waals surface area (Å²) in [5.74, 6) is 1.72. The van der Waals surface area contributed by atoms with Crippen molar-refractivity contribution in [1.29, 1.82) is 5.41 Å². The zero-order valence-electron chi connectivity index (χ0n) is 20.2. The maximum absolute atomic E-state index is 12.8. The summed E-state index contributed by atoms with van der Waals surface area (Å²) in [6, 6.07) is 25.6. The molecule has 1 amide bonds. The van der Waals surface area contributed by atoms with Crippen LogP contribution in [-0.4, -0.2) is 40.8 Å². The van der Waals surface area contributed by atoms with Gasteiger partial charge in [-0.15, -0.1) is 11.8 Å². The third-order valence-corrected chi connectivity index (χ3v) is 7.42. The quantitative estimate of drug-likeness (QED) is 0.193. The van der Waals surface area contributed by atoms with Gasteiger partial charge in [0.2, 0.25) is 0 Å². The molecule has 186 valence electrons. The average Bonchev–Trinajstić information content (AvgIpc) is 3.35. The molecular weight excluding hydrogens is 502 g/mol. The van der Waals surface area contributed by atoms with Crippen LogP contribution in [0.2, 0.25) is 0 Å². The number of ether oxygens (including phenoxy) is 2. The van der Waals surface area contributed by atoms with Gasteiger partial charge in [-0.05, 0) is 48.4 Å². The molecule has 5 rings (SSSR count). The van der Waals surface area contributed by atoms with Crippen molar-refractivity contribution < 1.29 is 14.3 Å². The molecule has 3 aromatic carbocycles. The van der Waals surface area contributed by atoms with Gasteiger partial charge in [-0.2, -0.15) is 4.99 Å². The van der Waals surface area contributed by atoms with Crippen LogP contribution in [0.1, 0.15) is 18.1 Å². The SMILES string of the molecule is CCOc1cc(C=C2C(=N)N3C(c4ccccc4)=CSC3=NC2=O)ccc1OCCSc1ccccc1. The van der Waals surface area contributed by atoms with E-state index in [2.05, 4.69) is 17.1 Å². The predicted octanol–water partition coefficient (Wildman–Crippen LogP) is 6.56. The largest absolute Gasteiger partial charge is 0.490 e. The maximum atomic E-state index is 12.8. The normalized spacial score (nSPS) is 15.9. The van der Waals surface area contributed by atoms with E-state index in [1.165, 1.54) is 16.7 Å². The van der Waals surface area contributed by atoms with Gasteiger partial charge in [-0.1, -0.05) is 66.4 Å². The molecule has 0 saturated heterocycles. The highest BCUT2D eigenvalue weighted by atomic mass is 32.2. The Bertz CT molecular complexity index is 1400. The van der Waals surface area contributed by atoms with Crippen LogP contribution < -0.4 is 9.47 Å². The van der Waals surface area contributed by atoms with Gasteiger partial charge in [0.1, 0.15) is 5.84 Å². The van der Waals surface area contributed by atoms with Crippen LogP contribution in [-0.2, 0) is 4.79 Å². The molecule has 2 aliphatic rings. The van der Waals surface area contributed by atoms with Crippen LogP contribution in [0.3, 0.4) is 0 Å². The number of benzene rings is 3. The molecule has 8 heteroatoms. The van der Waals surface area contributed by atoms with Crippen molar-refractivity contribution in [3.05, 3.63) is 101 Å². The minimum Gasteiger partial charge on any atom is -0.490 e. The van der Waals surface area contributed by atoms with Gasteiger partial charge in [-0.25, -0.2) is 0 Å². The Balaban J connectivity index is 1.33. The summed E-state index contributed by atoms with van der Waals surface area (Å²) >= 11 is 3.08. The molecule has 0 aliphatic carbocycles. The highest BCUT2D eigenvalue weighted by molar-refractivity contribution is 8.17. The second-order valence-corrected chi connectivity index (χ2v) is 10.1. The number of aliphatic imine (C=N–C) groups is 1. The number of nitrogens with one attached hydrogen (secondary N) is 1. The number of hydrogen-bond donors (Lipinski definition) is 1. The molecule has 0 radical (unpaired) electrons. The lowest BCUT2D eigenvalue weighted by Crippen LogP contribution is -2.38. The van der Waals surface area contributed by atoms with Gasteiger partial charge in [0.15, 0.2) is 16.7 Å². The number of amidine groups is 2. The van der Waals surface area contributed by atoms with Gasteiger partial charge >= 0.3 is 0 Å².